The van der Waals surface area contributed by atoms with Crippen LogP contribution in [-0.4, -0.2) is 61.3 Å². The molecule has 35 heavy (non-hydrogen) atoms. The summed E-state index contributed by atoms with van der Waals surface area (Å²) in [5.74, 6) is -1.15. The number of methoxy groups -OCH3 is 1. The van der Waals surface area contributed by atoms with Gasteiger partial charge in [0.05, 0.1) is 34.1 Å². The Morgan fingerprint density at radius 3 is 2.71 bits per heavy atom. The highest BCUT2D eigenvalue weighted by atomic mass is 32.2. The fourth-order valence-corrected chi connectivity index (χ4v) is 8.27. The van der Waals surface area contributed by atoms with E-state index in [0.717, 1.165) is 55.8 Å². The van der Waals surface area contributed by atoms with Gasteiger partial charge in [-0.2, -0.15) is 5.26 Å². The number of nitrogens with zero attached hydrogens (tertiary/aromatic N) is 3. The topological polar surface area (TPSA) is 107 Å². The van der Waals surface area contributed by atoms with Gasteiger partial charge in [-0.3, -0.25) is 9.59 Å². The third-order valence-corrected chi connectivity index (χ3v) is 9.84. The summed E-state index contributed by atoms with van der Waals surface area (Å²) in [6.45, 7) is 3.45. The number of fused-ring (bicyclic) bond motifs is 3. The molecule has 180 valence electrons. The number of ether oxygens (including phenoxy) is 1. The van der Waals surface area contributed by atoms with E-state index in [1.807, 2.05) is 18.2 Å². The zero-order chi connectivity index (χ0) is 24.3. The average molecular weight is 495 g/mol. The summed E-state index contributed by atoms with van der Waals surface area (Å²) in [6.07, 6.45) is 3.74. The third-order valence-electron chi connectivity index (χ3n) is 7.27. The van der Waals surface area contributed by atoms with Gasteiger partial charge in [-0.25, -0.2) is 9.37 Å². The minimum Gasteiger partial charge on any atom is -0.362 e. The van der Waals surface area contributed by atoms with E-state index in [4.69, 9.17) is 4.74 Å². The molecular weight excluding hydrogens is 469 g/mol. The number of nitriles is 1. The predicted octanol–water partition coefficient (Wildman–Crippen LogP) is 2.22. The number of nitrogens with one attached hydrogen (secondary N) is 2. The maximum absolute atomic E-state index is 15.9. The Bertz CT molecular complexity index is 1270. The first-order valence-electron chi connectivity index (χ1n) is 11.8. The lowest BCUT2D eigenvalue weighted by atomic mass is 9.86. The van der Waals surface area contributed by atoms with Crippen molar-refractivity contribution in [1.82, 2.24) is 10.3 Å². The second kappa shape index (κ2) is 8.59. The number of piperazine rings is 1. The molecule has 0 bridgehead atoms. The maximum atomic E-state index is 15.9. The van der Waals surface area contributed by atoms with E-state index in [2.05, 4.69) is 20.5 Å². The molecule has 1 aromatic heterocycles. The number of Topliss-reactive ketones (excluding diaryl/α,β-unsaturated/α-hetero) is 2. The van der Waals surface area contributed by atoms with Gasteiger partial charge in [0, 0.05) is 57.2 Å². The van der Waals surface area contributed by atoms with E-state index in [0.29, 0.717) is 22.1 Å². The summed E-state index contributed by atoms with van der Waals surface area (Å²) in [4.78, 5) is 33.4. The number of carbonyl (C=O) groups is 2. The van der Waals surface area contributed by atoms with Crippen molar-refractivity contribution in [3.8, 4) is 6.07 Å². The van der Waals surface area contributed by atoms with E-state index in [-0.39, 0.29) is 16.9 Å². The molecule has 4 aliphatic rings. The highest BCUT2D eigenvalue weighted by Crippen LogP contribution is 2.59. The predicted molar refractivity (Wildman–Crippen MR) is 128 cm³/mol. The molecule has 8 nitrogen and oxygen atoms in total. The first kappa shape index (κ1) is 22.5. The van der Waals surface area contributed by atoms with Crippen LogP contribution in [0.1, 0.15) is 34.7 Å². The Morgan fingerprint density at radius 2 is 2.03 bits per heavy atom. The number of hydrogen-bond acceptors (Lipinski definition) is 8. The maximum Gasteiger partial charge on any atom is 0.240 e. The zero-order valence-corrected chi connectivity index (χ0v) is 20.0. The summed E-state index contributed by atoms with van der Waals surface area (Å²) in [5, 5.41) is 15.8. The summed E-state index contributed by atoms with van der Waals surface area (Å²) in [7, 11) is 0.877. The number of aromatic nitrogens is 1. The normalized spacial score (nSPS) is 27.7. The van der Waals surface area contributed by atoms with Crippen LogP contribution in [0, 0.1) is 23.1 Å². The minimum atomic E-state index is -1.27. The van der Waals surface area contributed by atoms with Crippen LogP contribution in [0.5, 0.6) is 0 Å². The third kappa shape index (κ3) is 3.53. The smallest absolute Gasteiger partial charge is 0.240 e. The molecule has 6 rings (SSSR count). The fourth-order valence-electron chi connectivity index (χ4n) is 5.50. The van der Waals surface area contributed by atoms with Crippen LogP contribution in [0.25, 0.3) is 0 Å². The number of halogens is 1. The van der Waals surface area contributed by atoms with Gasteiger partial charge in [0.1, 0.15) is 5.82 Å². The van der Waals surface area contributed by atoms with Crippen molar-refractivity contribution >= 4 is 34.0 Å². The van der Waals surface area contributed by atoms with Crippen LogP contribution in [-0.2, 0) is 20.4 Å². The fraction of sp³-hybridized carbons (Fsp3) is 0.440. The Balaban J connectivity index is 1.52. The molecule has 2 N–H and O–H groups in total. The van der Waals surface area contributed by atoms with E-state index in [1.165, 1.54) is 0 Å². The molecule has 1 aliphatic carbocycles. The molecule has 1 saturated carbocycles. The number of carbonyl (C=O) groups excluding carboxylic acids is 2. The highest BCUT2D eigenvalue weighted by Gasteiger charge is 2.60. The van der Waals surface area contributed by atoms with Crippen molar-refractivity contribution in [2.75, 3.05) is 43.5 Å². The molecule has 2 aromatic rings. The summed E-state index contributed by atoms with van der Waals surface area (Å²) < 4.78 is 21.9. The minimum absolute atomic E-state index is 0.0138. The number of benzene rings is 1. The van der Waals surface area contributed by atoms with Gasteiger partial charge in [-0.1, -0.05) is 0 Å². The van der Waals surface area contributed by atoms with Crippen LogP contribution in [0.3, 0.4) is 0 Å². The van der Waals surface area contributed by atoms with Crippen molar-refractivity contribution in [2.24, 2.45) is 5.92 Å². The van der Waals surface area contributed by atoms with E-state index in [1.54, 1.807) is 13.3 Å². The molecule has 1 aromatic carbocycles. The number of anilines is 2. The Labute approximate surface area is 205 Å². The Hall–Kier alpha value is -3.00. The Morgan fingerprint density at radius 1 is 1.26 bits per heavy atom. The molecule has 0 radical (unpaired) electrons. The zero-order valence-electron chi connectivity index (χ0n) is 19.2. The first-order chi connectivity index (χ1) is 17.0. The first-order valence-corrected chi connectivity index (χ1v) is 13.1. The van der Waals surface area contributed by atoms with E-state index < -0.39 is 34.3 Å². The number of ketones is 2. The molecule has 10 heteroatoms. The van der Waals surface area contributed by atoms with E-state index in [9.17, 15) is 14.9 Å². The molecule has 0 spiro atoms. The monoisotopic (exact) mass is 494 g/mol. The van der Waals surface area contributed by atoms with Crippen LogP contribution in [0.4, 0.5) is 15.9 Å². The second-order valence-corrected chi connectivity index (χ2v) is 11.3. The van der Waals surface area contributed by atoms with E-state index >= 15 is 4.39 Å². The summed E-state index contributed by atoms with van der Waals surface area (Å²) in [5.41, 5.74) is 0.814. The largest absolute Gasteiger partial charge is 0.362 e. The number of rotatable bonds is 4. The lowest BCUT2D eigenvalue weighted by molar-refractivity contribution is -0.115. The Kier molecular flexibility index (Phi) is 5.51. The van der Waals surface area contributed by atoms with Crippen molar-refractivity contribution in [3.05, 3.63) is 41.3 Å². The molecule has 3 aliphatic heterocycles. The molecule has 4 atom stereocenters. The van der Waals surface area contributed by atoms with Crippen LogP contribution >= 0.6 is 0 Å². The lowest BCUT2D eigenvalue weighted by Crippen LogP contribution is -2.43. The number of pyridine rings is 1. The SMILES string of the molecule is COC1C(C2CC2)c2c3c(cc(F)c2[S+]1c1ccnc(N2CCNCC2)c1)C(=O)C(=O)C(C#N)N3. The molecule has 1 saturated heterocycles. The second-order valence-electron chi connectivity index (χ2n) is 9.32. The number of hydrogen-bond donors (Lipinski definition) is 2. The highest BCUT2D eigenvalue weighted by molar-refractivity contribution is 7.97. The van der Waals surface area contributed by atoms with Gasteiger partial charge >= 0.3 is 0 Å². The molecular formula is C25H25FN5O3S+. The van der Waals surface area contributed by atoms with Crippen molar-refractivity contribution in [2.45, 2.75) is 40.0 Å². The quantitative estimate of drug-likeness (QED) is 0.492. The summed E-state index contributed by atoms with van der Waals surface area (Å²) in [6, 6.07) is 5.71. The molecule has 4 heterocycles. The van der Waals surface area contributed by atoms with Crippen LogP contribution < -0.4 is 15.5 Å². The van der Waals surface area contributed by atoms with Crippen molar-refractivity contribution in [1.29, 1.82) is 5.26 Å². The van der Waals surface area contributed by atoms with Gasteiger partial charge in [0.15, 0.2) is 16.8 Å². The van der Waals surface area contributed by atoms with Crippen molar-refractivity contribution in [3.63, 3.8) is 0 Å². The van der Waals surface area contributed by atoms with Gasteiger partial charge in [-0.15, -0.1) is 0 Å². The summed E-state index contributed by atoms with van der Waals surface area (Å²) >= 11 is 0. The molecule has 2 fully saturated rings. The molecule has 4 unspecified atom stereocenters. The van der Waals surface area contributed by atoms with Crippen molar-refractivity contribution < 1.29 is 18.7 Å². The van der Waals surface area contributed by atoms with Crippen LogP contribution in [0.2, 0.25) is 0 Å². The van der Waals surface area contributed by atoms with Gasteiger partial charge in [0.25, 0.3) is 0 Å². The van der Waals surface area contributed by atoms with Crippen LogP contribution in [0.15, 0.2) is 34.2 Å². The van der Waals surface area contributed by atoms with Gasteiger partial charge in [-0.05, 0) is 24.8 Å². The standard InChI is InChI=1S/C25H24FN5O3S/c1-34-25-19(13-2-3-13)20-21-15(22(32)23(33)17(12-27)30-21)11-16(26)24(20)35(25)14-4-5-29-18(10-14)31-8-6-28-7-9-31/h4-5,10-11,13,17,19,25,28H,2-3,6-9H2,1H3/p+1. The molecule has 0 amide bonds. The lowest BCUT2D eigenvalue weighted by Gasteiger charge is -2.28. The average Bonchev–Trinajstić information content (AvgIpc) is 3.67. The van der Waals surface area contributed by atoms with Gasteiger partial charge in [0.2, 0.25) is 21.9 Å². The van der Waals surface area contributed by atoms with Gasteiger partial charge < -0.3 is 20.3 Å².